The largest absolute Gasteiger partial charge is 0.456 e. The molecule has 0 bridgehead atoms. The van der Waals surface area contributed by atoms with Gasteiger partial charge in [-0.05, 0) is 36.8 Å². The first-order valence-electron chi connectivity index (χ1n) is 9.11. The molecule has 0 radical (unpaired) electrons. The van der Waals surface area contributed by atoms with E-state index in [-0.39, 0.29) is 5.76 Å². The minimum atomic E-state index is -0.402. The van der Waals surface area contributed by atoms with E-state index in [0.717, 1.165) is 22.0 Å². The highest BCUT2D eigenvalue weighted by molar-refractivity contribution is 6.00. The highest BCUT2D eigenvalue weighted by Crippen LogP contribution is 2.22. The maximum atomic E-state index is 12.1. The Morgan fingerprint density at radius 2 is 1.97 bits per heavy atom. The van der Waals surface area contributed by atoms with Crippen LogP contribution in [0.5, 0.6) is 0 Å². The van der Waals surface area contributed by atoms with Crippen LogP contribution in [-0.2, 0) is 6.54 Å². The minimum absolute atomic E-state index is 0.218. The number of carbonyl (C=O) groups excluding carboxylic acids is 1. The summed E-state index contributed by atoms with van der Waals surface area (Å²) in [6, 6.07) is 21.1. The van der Waals surface area contributed by atoms with Gasteiger partial charge in [-0.3, -0.25) is 4.79 Å². The van der Waals surface area contributed by atoms with Crippen LogP contribution in [0, 0.1) is 18.3 Å². The summed E-state index contributed by atoms with van der Waals surface area (Å²) in [6.07, 6.45) is 3.58. The summed E-state index contributed by atoms with van der Waals surface area (Å²) < 4.78 is 7.37. The van der Waals surface area contributed by atoms with Crippen LogP contribution in [-0.4, -0.2) is 16.7 Å². The Morgan fingerprint density at radius 1 is 1.17 bits per heavy atom. The number of furan rings is 1. The standard InChI is InChI=1S/C23H18N4O2/c1-16-10-11-22(29-16)23(28)26-25-13-19-15-27(21-9-5-4-8-20(19)21)14-18-7-3-2-6-17(18)12-24/h2-11,13,15H,14H2,1H3,(H,26,28)/b25-13+. The number of carbonyl (C=O) groups is 1. The highest BCUT2D eigenvalue weighted by Gasteiger charge is 2.10. The van der Waals surface area contributed by atoms with E-state index in [9.17, 15) is 10.1 Å². The number of para-hydroxylation sites is 1. The number of benzene rings is 2. The van der Waals surface area contributed by atoms with Gasteiger partial charge < -0.3 is 8.98 Å². The van der Waals surface area contributed by atoms with Gasteiger partial charge in [0.05, 0.1) is 17.8 Å². The van der Waals surface area contributed by atoms with Crippen LogP contribution in [0.25, 0.3) is 10.9 Å². The molecule has 2 heterocycles. The SMILES string of the molecule is Cc1ccc(C(=O)N/N=C/c2cn(Cc3ccccc3C#N)c3ccccc23)o1. The fourth-order valence-electron chi connectivity index (χ4n) is 3.23. The molecular weight excluding hydrogens is 364 g/mol. The number of nitriles is 1. The molecule has 0 aliphatic carbocycles. The Balaban J connectivity index is 1.60. The zero-order valence-corrected chi connectivity index (χ0v) is 15.8. The topological polar surface area (TPSA) is 83.3 Å². The Labute approximate surface area is 167 Å². The van der Waals surface area contributed by atoms with E-state index in [1.54, 1.807) is 25.3 Å². The van der Waals surface area contributed by atoms with Crippen molar-refractivity contribution in [1.82, 2.24) is 9.99 Å². The van der Waals surface area contributed by atoms with Crippen molar-refractivity contribution in [3.05, 3.63) is 95.1 Å². The monoisotopic (exact) mass is 382 g/mol. The van der Waals surface area contributed by atoms with Crippen molar-refractivity contribution >= 4 is 23.0 Å². The van der Waals surface area contributed by atoms with Gasteiger partial charge >= 0.3 is 5.91 Å². The highest BCUT2D eigenvalue weighted by atomic mass is 16.3. The van der Waals surface area contributed by atoms with Crippen molar-refractivity contribution in [2.75, 3.05) is 0 Å². The zero-order valence-electron chi connectivity index (χ0n) is 15.8. The van der Waals surface area contributed by atoms with E-state index in [2.05, 4.69) is 21.2 Å². The van der Waals surface area contributed by atoms with Crippen LogP contribution in [0.3, 0.4) is 0 Å². The number of aromatic nitrogens is 1. The summed E-state index contributed by atoms with van der Waals surface area (Å²) in [4.78, 5) is 12.1. The van der Waals surface area contributed by atoms with Crippen molar-refractivity contribution in [3.8, 4) is 6.07 Å². The number of hydrazone groups is 1. The maximum absolute atomic E-state index is 12.1. The predicted molar refractivity (Wildman–Crippen MR) is 111 cm³/mol. The van der Waals surface area contributed by atoms with Gasteiger partial charge in [0.15, 0.2) is 5.76 Å². The summed E-state index contributed by atoms with van der Waals surface area (Å²) in [7, 11) is 0. The second kappa shape index (κ2) is 7.87. The molecule has 2 aromatic carbocycles. The molecule has 6 nitrogen and oxygen atoms in total. The van der Waals surface area contributed by atoms with E-state index >= 15 is 0 Å². The molecule has 0 spiro atoms. The van der Waals surface area contributed by atoms with Crippen LogP contribution >= 0.6 is 0 Å². The van der Waals surface area contributed by atoms with Crippen molar-refractivity contribution in [2.45, 2.75) is 13.5 Å². The van der Waals surface area contributed by atoms with Gasteiger partial charge in [0.25, 0.3) is 0 Å². The second-order valence-electron chi connectivity index (χ2n) is 6.61. The average Bonchev–Trinajstić information content (AvgIpc) is 3.33. The average molecular weight is 382 g/mol. The molecule has 2 aromatic heterocycles. The molecule has 0 fully saturated rings. The lowest BCUT2D eigenvalue weighted by Crippen LogP contribution is -2.16. The summed E-state index contributed by atoms with van der Waals surface area (Å²) >= 11 is 0. The van der Waals surface area contributed by atoms with E-state index in [0.29, 0.717) is 17.9 Å². The van der Waals surface area contributed by atoms with Crippen LogP contribution in [0.1, 0.15) is 33.0 Å². The summed E-state index contributed by atoms with van der Waals surface area (Å²) in [5, 5.41) is 14.4. The molecule has 0 saturated carbocycles. The predicted octanol–water partition coefficient (Wildman–Crippen LogP) is 4.23. The molecular formula is C23H18N4O2. The summed E-state index contributed by atoms with van der Waals surface area (Å²) in [6.45, 7) is 2.34. The van der Waals surface area contributed by atoms with Crippen LogP contribution in [0.2, 0.25) is 0 Å². The van der Waals surface area contributed by atoms with Gasteiger partial charge in [-0.1, -0.05) is 36.4 Å². The second-order valence-corrected chi connectivity index (χ2v) is 6.61. The fraction of sp³-hybridized carbons (Fsp3) is 0.0870. The van der Waals surface area contributed by atoms with Crippen molar-refractivity contribution in [2.24, 2.45) is 5.10 Å². The third-order valence-corrected chi connectivity index (χ3v) is 4.63. The maximum Gasteiger partial charge on any atom is 0.307 e. The first-order valence-corrected chi connectivity index (χ1v) is 9.11. The van der Waals surface area contributed by atoms with Gasteiger partial charge in [0, 0.05) is 29.2 Å². The number of amides is 1. The Bertz CT molecular complexity index is 1260. The van der Waals surface area contributed by atoms with E-state index < -0.39 is 5.91 Å². The molecule has 0 atom stereocenters. The normalized spacial score (nSPS) is 11.0. The number of rotatable bonds is 5. The van der Waals surface area contributed by atoms with E-state index in [1.165, 1.54) is 0 Å². The molecule has 4 aromatic rings. The number of fused-ring (bicyclic) bond motifs is 1. The lowest BCUT2D eigenvalue weighted by molar-refractivity contribution is 0.0926. The lowest BCUT2D eigenvalue weighted by atomic mass is 10.1. The molecule has 6 heteroatoms. The van der Waals surface area contributed by atoms with Gasteiger partial charge in [0.2, 0.25) is 0 Å². The zero-order chi connectivity index (χ0) is 20.2. The smallest absolute Gasteiger partial charge is 0.307 e. The number of hydrogen-bond acceptors (Lipinski definition) is 4. The number of aryl methyl sites for hydroxylation is 1. The first-order chi connectivity index (χ1) is 14.2. The molecule has 1 amide bonds. The van der Waals surface area contributed by atoms with Crippen molar-refractivity contribution in [3.63, 3.8) is 0 Å². The third kappa shape index (κ3) is 3.80. The van der Waals surface area contributed by atoms with Gasteiger partial charge in [-0.2, -0.15) is 10.4 Å². The Kier molecular flexibility index (Phi) is 4.95. The van der Waals surface area contributed by atoms with Crippen molar-refractivity contribution in [1.29, 1.82) is 5.26 Å². The molecule has 142 valence electrons. The molecule has 0 saturated heterocycles. The molecule has 1 N–H and O–H groups in total. The fourth-order valence-corrected chi connectivity index (χ4v) is 3.23. The third-order valence-electron chi connectivity index (χ3n) is 4.63. The minimum Gasteiger partial charge on any atom is -0.456 e. The van der Waals surface area contributed by atoms with E-state index in [1.807, 2.05) is 54.7 Å². The Morgan fingerprint density at radius 3 is 2.76 bits per heavy atom. The number of nitrogens with one attached hydrogen (secondary N) is 1. The Hall–Kier alpha value is -4.11. The molecule has 0 aliphatic heterocycles. The number of nitrogens with zero attached hydrogens (tertiary/aromatic N) is 3. The molecule has 0 unspecified atom stereocenters. The molecule has 0 aliphatic rings. The van der Waals surface area contributed by atoms with Crippen LogP contribution < -0.4 is 5.43 Å². The van der Waals surface area contributed by atoms with Gasteiger partial charge in [-0.25, -0.2) is 5.43 Å². The van der Waals surface area contributed by atoms with Crippen LogP contribution in [0.4, 0.5) is 0 Å². The molecule has 29 heavy (non-hydrogen) atoms. The van der Waals surface area contributed by atoms with Crippen molar-refractivity contribution < 1.29 is 9.21 Å². The quantitative estimate of drug-likeness (QED) is 0.414. The van der Waals surface area contributed by atoms with Gasteiger partial charge in [0.1, 0.15) is 5.76 Å². The van der Waals surface area contributed by atoms with Gasteiger partial charge in [-0.15, -0.1) is 0 Å². The summed E-state index contributed by atoms with van der Waals surface area (Å²) in [5.74, 6) is 0.482. The summed E-state index contributed by atoms with van der Waals surface area (Å²) in [5.41, 5.74) is 5.98. The number of hydrogen-bond donors (Lipinski definition) is 1. The van der Waals surface area contributed by atoms with Crippen LogP contribution in [0.15, 0.2) is 76.4 Å². The van der Waals surface area contributed by atoms with E-state index in [4.69, 9.17) is 4.42 Å². The first kappa shape index (κ1) is 18.3. The molecule has 4 rings (SSSR count). The lowest BCUT2D eigenvalue weighted by Gasteiger charge is -2.07.